The van der Waals surface area contributed by atoms with Gasteiger partial charge in [-0.3, -0.25) is 38.4 Å². The monoisotopic (exact) mass is 842 g/mol. The zero-order valence-electron chi connectivity index (χ0n) is 35.1. The molecule has 0 aliphatic carbocycles. The van der Waals surface area contributed by atoms with Gasteiger partial charge in [-0.05, 0) is 116 Å². The molecule has 0 spiro atoms. The third kappa shape index (κ3) is 19.0. The molecule has 0 aromatic rings. The number of rotatable bonds is 29. The Bertz CT molecular complexity index is 1390. The molecule has 0 unspecified atom stereocenters. The standard InChI is InChI=1S/C38H71N11O10/c1-22(2)20-28(34(54)46-27(14-7-10-18-41)37(57)49-19-11-15-30(49)36(56)43-24(4)38(58)59)47-33(53)26(13-6-9-17-40)44-32(52)25(12-5-8-16-39)45-35(55)29(21-50)48-31(51)23(3)42/h22-30,50H,5-21,39-42H2,1-4H3,(H,43,56)(H,44,52)(H,45,55)(H,46,54)(H,47,53)(H,48,51)(H,58,59)/t23-,24-,25-,26-,27-,28-,29-,30-/m0/s1. The molecule has 1 aliphatic rings. The summed E-state index contributed by atoms with van der Waals surface area (Å²) in [7, 11) is 0. The highest BCUT2D eigenvalue weighted by molar-refractivity contribution is 5.97. The Labute approximate surface area is 347 Å². The molecule has 1 fully saturated rings. The minimum atomic E-state index is -1.41. The van der Waals surface area contributed by atoms with Crippen LogP contribution in [0.5, 0.6) is 0 Å². The van der Waals surface area contributed by atoms with E-state index in [-0.39, 0.29) is 38.1 Å². The summed E-state index contributed by atoms with van der Waals surface area (Å²) in [6.07, 6.45) is 4.24. The van der Waals surface area contributed by atoms with Crippen molar-refractivity contribution >= 4 is 47.3 Å². The highest BCUT2D eigenvalue weighted by Crippen LogP contribution is 2.21. The number of carbonyl (C=O) groups is 8. The van der Waals surface area contributed by atoms with Gasteiger partial charge in [-0.25, -0.2) is 0 Å². The lowest BCUT2D eigenvalue weighted by Crippen LogP contribution is -2.60. The molecular formula is C38H71N11O10. The van der Waals surface area contributed by atoms with Crippen LogP contribution in [0.15, 0.2) is 0 Å². The van der Waals surface area contributed by atoms with Gasteiger partial charge in [0.2, 0.25) is 41.4 Å². The SMILES string of the molecule is CC(C)C[C@H](NC(=O)[C@H](CCCCN)NC(=O)[C@H](CCCCN)NC(=O)[C@H](CO)NC(=O)[C@H](C)N)C(=O)N[C@@H](CCCCN)C(=O)N1CCC[C@H]1C(=O)N[C@@H](C)C(=O)O. The lowest BCUT2D eigenvalue weighted by Gasteiger charge is -2.31. The van der Waals surface area contributed by atoms with Gasteiger partial charge in [0.05, 0.1) is 12.6 Å². The second kappa shape index (κ2) is 28.1. The summed E-state index contributed by atoms with van der Waals surface area (Å²) in [5.41, 5.74) is 22.7. The van der Waals surface area contributed by atoms with Crippen molar-refractivity contribution in [1.29, 1.82) is 0 Å². The van der Waals surface area contributed by atoms with Crippen LogP contribution in [-0.4, -0.2) is 144 Å². The summed E-state index contributed by atoms with van der Waals surface area (Å²) >= 11 is 0. The van der Waals surface area contributed by atoms with Crippen molar-refractivity contribution in [2.45, 2.75) is 153 Å². The first kappa shape index (κ1) is 52.6. The number of carboxylic acid groups (broad SMARTS) is 1. The number of nitrogens with one attached hydrogen (secondary N) is 6. The fourth-order valence-electron chi connectivity index (χ4n) is 6.44. The average Bonchev–Trinajstić information content (AvgIpc) is 3.68. The van der Waals surface area contributed by atoms with Crippen LogP contribution in [0.2, 0.25) is 0 Å². The fourth-order valence-corrected chi connectivity index (χ4v) is 6.44. The van der Waals surface area contributed by atoms with E-state index < -0.39 is 102 Å². The number of hydrogen-bond acceptors (Lipinski definition) is 13. The summed E-state index contributed by atoms with van der Waals surface area (Å²) in [6, 6.07) is -9.12. The largest absolute Gasteiger partial charge is 0.480 e. The van der Waals surface area contributed by atoms with Gasteiger partial charge in [0.25, 0.3) is 0 Å². The fraction of sp³-hybridized carbons (Fsp3) is 0.789. The van der Waals surface area contributed by atoms with Crippen molar-refractivity contribution in [3.63, 3.8) is 0 Å². The molecule has 8 atom stereocenters. The summed E-state index contributed by atoms with van der Waals surface area (Å²) in [6.45, 7) is 6.80. The second-order valence-electron chi connectivity index (χ2n) is 15.5. The number of unbranched alkanes of at least 4 members (excludes halogenated alkanes) is 3. The number of aliphatic hydroxyl groups excluding tert-OH is 1. The molecule has 1 rings (SSSR count). The van der Waals surface area contributed by atoms with E-state index in [0.29, 0.717) is 71.0 Å². The Morgan fingerprint density at radius 1 is 0.610 bits per heavy atom. The Morgan fingerprint density at radius 3 is 1.47 bits per heavy atom. The van der Waals surface area contributed by atoms with E-state index in [4.69, 9.17) is 22.9 Å². The van der Waals surface area contributed by atoms with Gasteiger partial charge in [-0.1, -0.05) is 13.8 Å². The van der Waals surface area contributed by atoms with Crippen LogP contribution in [0, 0.1) is 5.92 Å². The number of likely N-dealkylation sites (tertiary alicyclic amines) is 1. The molecule has 16 N–H and O–H groups in total. The molecule has 0 aromatic heterocycles. The number of carbonyl (C=O) groups excluding carboxylic acids is 7. The molecule has 21 heteroatoms. The topological polar surface area (TPSA) is 357 Å². The number of amides is 7. The van der Waals surface area contributed by atoms with Crippen molar-refractivity contribution in [3.05, 3.63) is 0 Å². The number of hydrogen-bond donors (Lipinski definition) is 12. The van der Waals surface area contributed by atoms with Crippen LogP contribution in [-0.2, 0) is 38.4 Å². The maximum absolute atomic E-state index is 14.0. The quantitative estimate of drug-likeness (QED) is 0.0330. The summed E-state index contributed by atoms with van der Waals surface area (Å²) < 4.78 is 0. The Hall–Kier alpha value is -4.44. The average molecular weight is 842 g/mol. The summed E-state index contributed by atoms with van der Waals surface area (Å²) in [4.78, 5) is 107. The van der Waals surface area contributed by atoms with E-state index in [1.54, 1.807) is 0 Å². The Balaban J connectivity index is 3.35. The first-order chi connectivity index (χ1) is 27.9. The van der Waals surface area contributed by atoms with Gasteiger partial charge in [0.1, 0.15) is 42.3 Å². The minimum Gasteiger partial charge on any atom is -0.480 e. The highest BCUT2D eigenvalue weighted by atomic mass is 16.4. The van der Waals surface area contributed by atoms with E-state index in [2.05, 4.69) is 31.9 Å². The molecule has 0 saturated carbocycles. The first-order valence-corrected chi connectivity index (χ1v) is 20.7. The van der Waals surface area contributed by atoms with Crippen molar-refractivity contribution in [2.24, 2.45) is 28.9 Å². The van der Waals surface area contributed by atoms with Crippen LogP contribution in [0.1, 0.15) is 105 Å². The zero-order chi connectivity index (χ0) is 44.7. The predicted octanol–water partition coefficient (Wildman–Crippen LogP) is -3.24. The lowest BCUT2D eigenvalue weighted by molar-refractivity contribution is -0.144. The molecule has 21 nitrogen and oxygen atoms in total. The number of carboxylic acids is 1. The van der Waals surface area contributed by atoms with Gasteiger partial charge < -0.3 is 69.9 Å². The van der Waals surface area contributed by atoms with Gasteiger partial charge in [0, 0.05) is 6.54 Å². The van der Waals surface area contributed by atoms with E-state index in [1.165, 1.54) is 18.7 Å². The third-order valence-electron chi connectivity index (χ3n) is 9.86. The van der Waals surface area contributed by atoms with Gasteiger partial charge in [-0.15, -0.1) is 0 Å². The molecule has 1 aliphatic heterocycles. The van der Waals surface area contributed by atoms with Gasteiger partial charge in [-0.2, -0.15) is 0 Å². The Morgan fingerprint density at radius 2 is 1.03 bits per heavy atom. The maximum Gasteiger partial charge on any atom is 0.325 e. The molecule has 1 saturated heterocycles. The number of aliphatic hydroxyl groups is 1. The molecule has 338 valence electrons. The van der Waals surface area contributed by atoms with Crippen molar-refractivity contribution < 1.29 is 48.6 Å². The van der Waals surface area contributed by atoms with Crippen molar-refractivity contribution in [1.82, 2.24) is 36.8 Å². The number of aliphatic carboxylic acids is 1. The van der Waals surface area contributed by atoms with Crippen LogP contribution >= 0.6 is 0 Å². The molecule has 0 aromatic carbocycles. The van der Waals surface area contributed by atoms with E-state index >= 15 is 0 Å². The van der Waals surface area contributed by atoms with Crippen molar-refractivity contribution in [3.8, 4) is 0 Å². The first-order valence-electron chi connectivity index (χ1n) is 20.7. The predicted molar refractivity (Wildman–Crippen MR) is 219 cm³/mol. The number of nitrogens with two attached hydrogens (primary N) is 4. The van der Waals surface area contributed by atoms with E-state index in [1.807, 2.05) is 13.8 Å². The maximum atomic E-state index is 14.0. The van der Waals surface area contributed by atoms with E-state index in [0.717, 1.165) is 0 Å². The highest BCUT2D eigenvalue weighted by Gasteiger charge is 2.39. The smallest absolute Gasteiger partial charge is 0.325 e. The van der Waals surface area contributed by atoms with Crippen LogP contribution < -0.4 is 54.8 Å². The normalized spacial score (nSPS) is 17.4. The van der Waals surface area contributed by atoms with Gasteiger partial charge in [0.15, 0.2) is 0 Å². The van der Waals surface area contributed by atoms with Crippen LogP contribution in [0.4, 0.5) is 0 Å². The molecule has 7 amide bonds. The van der Waals surface area contributed by atoms with Crippen molar-refractivity contribution in [2.75, 3.05) is 32.8 Å². The van der Waals surface area contributed by atoms with Gasteiger partial charge >= 0.3 is 5.97 Å². The lowest BCUT2D eigenvalue weighted by atomic mass is 10.00. The molecule has 1 heterocycles. The second-order valence-corrected chi connectivity index (χ2v) is 15.5. The van der Waals surface area contributed by atoms with E-state index in [9.17, 15) is 48.6 Å². The zero-order valence-corrected chi connectivity index (χ0v) is 35.1. The third-order valence-corrected chi connectivity index (χ3v) is 9.86. The molecule has 59 heavy (non-hydrogen) atoms. The molecule has 0 bridgehead atoms. The molecule has 0 radical (unpaired) electrons. The summed E-state index contributed by atoms with van der Waals surface area (Å²) in [5.74, 6) is -6.12. The van der Waals surface area contributed by atoms with Crippen LogP contribution in [0.25, 0.3) is 0 Å². The molecular weight excluding hydrogens is 770 g/mol. The van der Waals surface area contributed by atoms with Crippen LogP contribution in [0.3, 0.4) is 0 Å². The Kier molecular flexibility index (Phi) is 25.0. The number of nitrogens with zero attached hydrogens (tertiary/aromatic N) is 1. The summed E-state index contributed by atoms with van der Waals surface area (Å²) in [5, 5.41) is 34.6. The minimum absolute atomic E-state index is 0.112.